The first-order chi connectivity index (χ1) is 11.7. The maximum atomic E-state index is 9.55. The van der Waals surface area contributed by atoms with Crippen LogP contribution in [0.5, 0.6) is 0 Å². The summed E-state index contributed by atoms with van der Waals surface area (Å²) < 4.78 is 0. The normalized spacial score (nSPS) is 9.92. The van der Waals surface area contributed by atoms with Crippen LogP contribution in [0.3, 0.4) is 0 Å². The van der Waals surface area contributed by atoms with E-state index in [0.29, 0.717) is 33.0 Å². The van der Waals surface area contributed by atoms with Gasteiger partial charge in [-0.05, 0) is 31.4 Å². The maximum absolute atomic E-state index is 9.55. The highest BCUT2D eigenvalue weighted by Crippen LogP contribution is 2.29. The fourth-order valence-corrected chi connectivity index (χ4v) is 2.03. The SMILES string of the molecule is CNCCN(C)C(=S)Nc1c(Cl)cccc1Cl.O=C(O)/C=C\C(=O)O. The van der Waals surface area contributed by atoms with Crippen molar-refractivity contribution in [1.29, 1.82) is 0 Å². The number of halogens is 2. The monoisotopic (exact) mass is 407 g/mol. The Kier molecular flexibility index (Phi) is 11.6. The van der Waals surface area contributed by atoms with Gasteiger partial charge in [0.15, 0.2) is 5.11 Å². The van der Waals surface area contributed by atoms with Crippen molar-refractivity contribution in [2.75, 3.05) is 32.5 Å². The molecule has 0 fully saturated rings. The van der Waals surface area contributed by atoms with E-state index in [9.17, 15) is 9.59 Å². The summed E-state index contributed by atoms with van der Waals surface area (Å²) in [7, 11) is 3.81. The lowest BCUT2D eigenvalue weighted by Crippen LogP contribution is -2.35. The highest BCUT2D eigenvalue weighted by molar-refractivity contribution is 7.80. The standard InChI is InChI=1S/C11H15Cl2N3S.C4H4O4/c1-14-6-7-16(2)11(17)15-10-8(12)4-3-5-9(10)13;5-3(6)1-2-4(7)8/h3-5,14H,6-7H2,1-2H3,(H,15,17);1-2H,(H,5,6)(H,7,8)/b;2-1-. The number of carbonyl (C=O) groups is 2. The largest absolute Gasteiger partial charge is 0.478 e. The molecule has 0 aliphatic carbocycles. The molecule has 0 aliphatic heterocycles. The molecule has 1 aromatic carbocycles. The summed E-state index contributed by atoms with van der Waals surface area (Å²) in [6.07, 6.45) is 1.12. The number of carboxylic acids is 2. The lowest BCUT2D eigenvalue weighted by Gasteiger charge is -2.21. The summed E-state index contributed by atoms with van der Waals surface area (Å²) in [6, 6.07) is 5.33. The van der Waals surface area contributed by atoms with Gasteiger partial charge in [-0.1, -0.05) is 29.3 Å². The number of anilines is 1. The first-order valence-corrected chi connectivity index (χ1v) is 8.10. The zero-order valence-electron chi connectivity index (χ0n) is 13.6. The number of carboxylic acid groups (broad SMARTS) is 2. The Labute approximate surface area is 161 Å². The molecular weight excluding hydrogens is 389 g/mol. The molecule has 0 heterocycles. The number of thiocarbonyl (C=S) groups is 1. The fourth-order valence-electron chi connectivity index (χ4n) is 1.34. The predicted octanol–water partition coefficient (Wildman–Crippen LogP) is 2.55. The van der Waals surface area contributed by atoms with Gasteiger partial charge in [0.05, 0.1) is 15.7 Å². The van der Waals surface area contributed by atoms with E-state index in [2.05, 4.69) is 10.6 Å². The number of benzene rings is 1. The summed E-state index contributed by atoms with van der Waals surface area (Å²) in [4.78, 5) is 21.0. The number of rotatable bonds is 6. The summed E-state index contributed by atoms with van der Waals surface area (Å²) in [5.74, 6) is -2.51. The molecule has 0 spiro atoms. The van der Waals surface area contributed by atoms with Crippen LogP contribution in [0.25, 0.3) is 0 Å². The molecule has 10 heteroatoms. The third-order valence-corrected chi connectivity index (χ3v) is 3.65. The van der Waals surface area contributed by atoms with Crippen molar-refractivity contribution < 1.29 is 19.8 Å². The first kappa shape index (κ1) is 23.1. The van der Waals surface area contributed by atoms with Gasteiger partial charge in [0.25, 0.3) is 0 Å². The predicted molar refractivity (Wildman–Crippen MR) is 104 cm³/mol. The van der Waals surface area contributed by atoms with Gasteiger partial charge in [0.1, 0.15) is 0 Å². The van der Waals surface area contributed by atoms with E-state index in [1.165, 1.54) is 0 Å². The molecule has 4 N–H and O–H groups in total. The summed E-state index contributed by atoms with van der Waals surface area (Å²) >= 11 is 17.4. The minimum Gasteiger partial charge on any atom is -0.478 e. The third kappa shape index (κ3) is 10.6. The lowest BCUT2D eigenvalue weighted by atomic mass is 10.3. The zero-order chi connectivity index (χ0) is 19.4. The van der Waals surface area contributed by atoms with Crippen LogP contribution in [0.15, 0.2) is 30.4 Å². The molecule has 1 aromatic rings. The van der Waals surface area contributed by atoms with E-state index in [0.717, 1.165) is 13.1 Å². The highest BCUT2D eigenvalue weighted by Gasteiger charge is 2.09. The average molecular weight is 408 g/mol. The highest BCUT2D eigenvalue weighted by atomic mass is 35.5. The number of hydrogen-bond donors (Lipinski definition) is 4. The van der Waals surface area contributed by atoms with E-state index in [4.69, 9.17) is 45.6 Å². The smallest absolute Gasteiger partial charge is 0.328 e. The molecule has 25 heavy (non-hydrogen) atoms. The molecule has 7 nitrogen and oxygen atoms in total. The second-order valence-electron chi connectivity index (χ2n) is 4.56. The van der Waals surface area contributed by atoms with E-state index in [1.807, 2.05) is 19.0 Å². The summed E-state index contributed by atoms with van der Waals surface area (Å²) in [6.45, 7) is 1.67. The molecule has 0 aliphatic rings. The molecule has 0 aromatic heterocycles. The van der Waals surface area contributed by atoms with E-state index in [-0.39, 0.29) is 0 Å². The van der Waals surface area contributed by atoms with Crippen LogP contribution in [0.4, 0.5) is 5.69 Å². The van der Waals surface area contributed by atoms with Crippen LogP contribution in [-0.2, 0) is 9.59 Å². The Morgan fingerprint density at radius 1 is 1.20 bits per heavy atom. The van der Waals surface area contributed by atoms with Crippen LogP contribution in [0.1, 0.15) is 0 Å². The van der Waals surface area contributed by atoms with Gasteiger partial charge in [0, 0.05) is 32.3 Å². The van der Waals surface area contributed by atoms with Crippen molar-refractivity contribution in [3.05, 3.63) is 40.4 Å². The molecule has 0 unspecified atom stereocenters. The minimum atomic E-state index is -1.26. The molecule has 0 atom stereocenters. The van der Waals surface area contributed by atoms with Crippen molar-refractivity contribution in [2.24, 2.45) is 0 Å². The molecule has 0 radical (unpaired) electrons. The fraction of sp³-hybridized carbons (Fsp3) is 0.267. The van der Waals surface area contributed by atoms with Gasteiger partial charge in [-0.3, -0.25) is 0 Å². The van der Waals surface area contributed by atoms with Gasteiger partial charge in [-0.25, -0.2) is 9.59 Å². The van der Waals surface area contributed by atoms with E-state index < -0.39 is 11.9 Å². The lowest BCUT2D eigenvalue weighted by molar-refractivity contribution is -0.134. The first-order valence-electron chi connectivity index (χ1n) is 6.93. The maximum Gasteiger partial charge on any atom is 0.328 e. The third-order valence-electron chi connectivity index (χ3n) is 2.61. The molecule has 138 valence electrons. The van der Waals surface area contributed by atoms with Crippen LogP contribution in [0.2, 0.25) is 10.0 Å². The van der Waals surface area contributed by atoms with Crippen molar-refractivity contribution in [3.8, 4) is 0 Å². The average Bonchev–Trinajstić information content (AvgIpc) is 2.54. The van der Waals surface area contributed by atoms with Gasteiger partial charge in [-0.2, -0.15) is 0 Å². The van der Waals surface area contributed by atoms with Crippen LogP contribution < -0.4 is 10.6 Å². The van der Waals surface area contributed by atoms with Crippen LogP contribution in [0, 0.1) is 0 Å². The van der Waals surface area contributed by atoms with Crippen molar-refractivity contribution >= 4 is 58.2 Å². The van der Waals surface area contributed by atoms with Crippen molar-refractivity contribution in [2.45, 2.75) is 0 Å². The molecular formula is C15H19Cl2N3O4S. The molecule has 1 rings (SSSR count). The van der Waals surface area contributed by atoms with Crippen molar-refractivity contribution in [3.63, 3.8) is 0 Å². The van der Waals surface area contributed by atoms with Gasteiger partial charge < -0.3 is 25.7 Å². The second kappa shape index (κ2) is 12.5. The molecule has 0 saturated carbocycles. The Bertz CT molecular complexity index is 605. The van der Waals surface area contributed by atoms with Gasteiger partial charge in [-0.15, -0.1) is 0 Å². The van der Waals surface area contributed by atoms with Gasteiger partial charge >= 0.3 is 11.9 Å². The summed E-state index contributed by atoms with van der Waals surface area (Å²) in [5, 5.41) is 23.4. The molecule has 0 saturated heterocycles. The Hall–Kier alpha value is -1.87. The quantitative estimate of drug-likeness (QED) is 0.421. The number of nitrogens with zero attached hydrogens (tertiary/aromatic N) is 1. The topological polar surface area (TPSA) is 102 Å². The Morgan fingerprint density at radius 3 is 2.08 bits per heavy atom. The second-order valence-corrected chi connectivity index (χ2v) is 5.76. The Balaban J connectivity index is 0.000000609. The van der Waals surface area contributed by atoms with E-state index >= 15 is 0 Å². The minimum absolute atomic E-state index is 0.557. The zero-order valence-corrected chi connectivity index (χ0v) is 16.0. The molecule has 0 amide bonds. The van der Waals surface area contributed by atoms with Crippen molar-refractivity contribution in [1.82, 2.24) is 10.2 Å². The number of para-hydroxylation sites is 1. The number of aliphatic carboxylic acids is 2. The Morgan fingerprint density at radius 2 is 1.68 bits per heavy atom. The number of likely N-dealkylation sites (N-methyl/N-ethyl adjacent to an activating group) is 2. The molecule has 0 bridgehead atoms. The number of nitrogens with one attached hydrogen (secondary N) is 2. The van der Waals surface area contributed by atoms with Crippen LogP contribution >= 0.6 is 35.4 Å². The summed E-state index contributed by atoms with van der Waals surface area (Å²) in [5.41, 5.74) is 0.650. The van der Waals surface area contributed by atoms with E-state index in [1.54, 1.807) is 18.2 Å². The van der Waals surface area contributed by atoms with Gasteiger partial charge in [0.2, 0.25) is 0 Å². The van der Waals surface area contributed by atoms with Crippen LogP contribution in [-0.4, -0.2) is 59.3 Å². The number of hydrogen-bond acceptors (Lipinski definition) is 4.